The first-order chi connectivity index (χ1) is 17.4. The van der Waals surface area contributed by atoms with E-state index < -0.39 is 5.54 Å². The van der Waals surface area contributed by atoms with E-state index in [1.165, 1.54) is 5.56 Å². The van der Waals surface area contributed by atoms with E-state index in [0.717, 1.165) is 28.0 Å². The van der Waals surface area contributed by atoms with Gasteiger partial charge < -0.3 is 23.9 Å². The minimum Gasteiger partial charge on any atom is -0.490 e. The molecule has 2 aromatic carbocycles. The molecule has 1 saturated heterocycles. The van der Waals surface area contributed by atoms with Gasteiger partial charge >= 0.3 is 0 Å². The van der Waals surface area contributed by atoms with Crippen LogP contribution in [0.15, 0.2) is 48.2 Å². The Kier molecular flexibility index (Phi) is 8.46. The van der Waals surface area contributed by atoms with Gasteiger partial charge in [-0.25, -0.2) is 0 Å². The Balaban J connectivity index is 1.81. The molecule has 7 heteroatoms. The molecular formula is C29H38N2O5. The van der Waals surface area contributed by atoms with E-state index in [9.17, 15) is 4.79 Å². The van der Waals surface area contributed by atoms with Gasteiger partial charge in [0.1, 0.15) is 24.6 Å². The summed E-state index contributed by atoms with van der Waals surface area (Å²) in [4.78, 5) is 21.6. The highest BCUT2D eigenvalue weighted by atomic mass is 16.7. The van der Waals surface area contributed by atoms with Gasteiger partial charge in [0.2, 0.25) is 0 Å². The number of hydroxylamine groups is 2. The number of rotatable bonds is 10. The Bertz CT molecular complexity index is 1070. The smallest absolute Gasteiger partial charge is 0.260 e. The second-order valence-electron chi connectivity index (χ2n) is 9.66. The molecule has 1 amide bonds. The van der Waals surface area contributed by atoms with Crippen molar-refractivity contribution in [3.63, 3.8) is 0 Å². The first-order valence-electron chi connectivity index (χ1n) is 12.6. The zero-order valence-electron chi connectivity index (χ0n) is 22.1. The zero-order chi connectivity index (χ0) is 25.7. The molecule has 2 aromatic rings. The van der Waals surface area contributed by atoms with Crippen molar-refractivity contribution in [2.45, 2.75) is 45.8 Å². The van der Waals surface area contributed by atoms with Gasteiger partial charge in [-0.15, -0.1) is 0 Å². The number of carbonyl (C=O) groups is 1. The van der Waals surface area contributed by atoms with Crippen molar-refractivity contribution >= 4 is 11.5 Å². The standard InChI is InChI=1S/C29H38N2O5/c1-21-17-22(2)25(23(3)18-21)26-27(36-19-24-9-7-6-8-10-24)29(11-13-30(34-5)14-12-29)31(28(26)32)20-35-16-15-33-4/h6-10,17-18H,11-16,19-20H2,1-5H3. The van der Waals surface area contributed by atoms with Crippen molar-refractivity contribution in [1.82, 2.24) is 9.96 Å². The lowest BCUT2D eigenvalue weighted by Crippen LogP contribution is -2.55. The molecule has 0 atom stereocenters. The fraction of sp³-hybridized carbons (Fsp3) is 0.483. The number of aryl methyl sites for hydroxylation is 3. The van der Waals surface area contributed by atoms with Gasteiger partial charge in [-0.2, -0.15) is 5.06 Å². The van der Waals surface area contributed by atoms with Crippen LogP contribution in [0.1, 0.15) is 40.7 Å². The van der Waals surface area contributed by atoms with E-state index >= 15 is 0 Å². The van der Waals surface area contributed by atoms with Crippen LogP contribution >= 0.6 is 0 Å². The van der Waals surface area contributed by atoms with Crippen LogP contribution in [0, 0.1) is 20.8 Å². The van der Waals surface area contributed by atoms with Crippen molar-refractivity contribution in [1.29, 1.82) is 0 Å². The number of carbonyl (C=O) groups excluding carboxylic acids is 1. The first-order valence-corrected chi connectivity index (χ1v) is 12.6. The zero-order valence-corrected chi connectivity index (χ0v) is 22.1. The summed E-state index contributed by atoms with van der Waals surface area (Å²) in [6.07, 6.45) is 1.38. The number of hydrogen-bond acceptors (Lipinski definition) is 6. The summed E-state index contributed by atoms with van der Waals surface area (Å²) in [6, 6.07) is 14.4. The fourth-order valence-corrected chi connectivity index (χ4v) is 5.53. The van der Waals surface area contributed by atoms with E-state index in [1.807, 2.05) is 40.3 Å². The van der Waals surface area contributed by atoms with Crippen LogP contribution in [0.5, 0.6) is 0 Å². The molecule has 2 aliphatic rings. The Labute approximate surface area is 214 Å². The van der Waals surface area contributed by atoms with Crippen LogP contribution in [0.4, 0.5) is 0 Å². The summed E-state index contributed by atoms with van der Waals surface area (Å²) < 4.78 is 17.8. The second kappa shape index (κ2) is 11.6. The summed E-state index contributed by atoms with van der Waals surface area (Å²) in [6.45, 7) is 9.07. The first kappa shape index (κ1) is 26.4. The molecule has 0 radical (unpaired) electrons. The molecule has 1 spiro atoms. The summed E-state index contributed by atoms with van der Waals surface area (Å²) in [5, 5.41) is 1.94. The summed E-state index contributed by atoms with van der Waals surface area (Å²) in [5.41, 5.74) is 5.39. The lowest BCUT2D eigenvalue weighted by atomic mass is 9.84. The number of ether oxygens (including phenoxy) is 3. The largest absolute Gasteiger partial charge is 0.490 e. The van der Waals surface area contributed by atoms with Crippen LogP contribution in [0.25, 0.3) is 5.57 Å². The summed E-state index contributed by atoms with van der Waals surface area (Å²) in [7, 11) is 3.33. The molecule has 0 aliphatic carbocycles. The Hall–Kier alpha value is -2.71. The van der Waals surface area contributed by atoms with Crippen molar-refractivity contribution < 1.29 is 23.8 Å². The molecule has 7 nitrogen and oxygen atoms in total. The molecule has 0 unspecified atom stereocenters. The van der Waals surface area contributed by atoms with Gasteiger partial charge in [-0.3, -0.25) is 4.79 Å². The van der Waals surface area contributed by atoms with Crippen molar-refractivity contribution in [3.05, 3.63) is 76.0 Å². The third-order valence-electron chi connectivity index (χ3n) is 7.24. The van der Waals surface area contributed by atoms with E-state index in [4.69, 9.17) is 19.0 Å². The van der Waals surface area contributed by atoms with Crippen LogP contribution in [0.2, 0.25) is 0 Å². The lowest BCUT2D eigenvalue weighted by Gasteiger charge is -2.44. The maximum atomic E-state index is 14.2. The molecule has 0 bridgehead atoms. The van der Waals surface area contributed by atoms with Gasteiger partial charge in [0.15, 0.2) is 0 Å². The molecular weight excluding hydrogens is 456 g/mol. The number of hydrogen-bond donors (Lipinski definition) is 0. The van der Waals surface area contributed by atoms with Gasteiger partial charge in [-0.05, 0) is 55.9 Å². The Morgan fingerprint density at radius 1 is 0.944 bits per heavy atom. The topological polar surface area (TPSA) is 60.5 Å². The Morgan fingerprint density at radius 2 is 1.61 bits per heavy atom. The molecule has 1 fully saturated rings. The van der Waals surface area contributed by atoms with Gasteiger partial charge in [0.25, 0.3) is 5.91 Å². The highest BCUT2D eigenvalue weighted by Crippen LogP contribution is 2.48. The van der Waals surface area contributed by atoms with E-state index in [0.29, 0.717) is 51.3 Å². The van der Waals surface area contributed by atoms with E-state index in [-0.39, 0.29) is 12.6 Å². The molecule has 36 heavy (non-hydrogen) atoms. The molecule has 0 aromatic heterocycles. The number of benzene rings is 2. The van der Waals surface area contributed by atoms with Crippen molar-refractivity contribution in [3.8, 4) is 0 Å². The number of piperidine rings is 1. The van der Waals surface area contributed by atoms with Crippen LogP contribution in [-0.2, 0) is 30.4 Å². The van der Waals surface area contributed by atoms with Crippen molar-refractivity contribution in [2.75, 3.05) is 47.3 Å². The minimum atomic E-state index is -0.604. The predicted octanol–water partition coefficient (Wildman–Crippen LogP) is 4.40. The third-order valence-corrected chi connectivity index (χ3v) is 7.24. The highest BCUT2D eigenvalue weighted by molar-refractivity contribution is 6.24. The Morgan fingerprint density at radius 3 is 2.22 bits per heavy atom. The number of methoxy groups -OCH3 is 1. The van der Waals surface area contributed by atoms with Crippen LogP contribution in [-0.4, -0.2) is 68.7 Å². The molecule has 0 saturated carbocycles. The average Bonchev–Trinajstić information content (AvgIpc) is 3.08. The number of nitrogens with zero attached hydrogens (tertiary/aromatic N) is 2. The van der Waals surface area contributed by atoms with Gasteiger partial charge in [-0.1, -0.05) is 48.0 Å². The number of amides is 1. The molecule has 2 aliphatic heterocycles. The molecule has 2 heterocycles. The summed E-state index contributed by atoms with van der Waals surface area (Å²) in [5.74, 6) is 0.703. The van der Waals surface area contributed by atoms with Gasteiger partial charge in [0.05, 0.1) is 25.9 Å². The third kappa shape index (κ3) is 5.20. The lowest BCUT2D eigenvalue weighted by molar-refractivity contribution is -0.172. The van der Waals surface area contributed by atoms with Crippen molar-refractivity contribution in [2.24, 2.45) is 0 Å². The monoisotopic (exact) mass is 494 g/mol. The maximum Gasteiger partial charge on any atom is 0.260 e. The maximum absolute atomic E-state index is 14.2. The molecule has 4 rings (SSSR count). The van der Waals surface area contributed by atoms with Gasteiger partial charge in [0, 0.05) is 20.2 Å². The SMILES string of the molecule is COCCOCN1C(=O)C(c2c(C)cc(C)cc2C)=C(OCc2ccccc2)C12CCN(OC)CC2. The molecule has 194 valence electrons. The minimum absolute atomic E-state index is 0.0450. The second-order valence-corrected chi connectivity index (χ2v) is 9.66. The molecule has 0 N–H and O–H groups in total. The van der Waals surface area contributed by atoms with Crippen LogP contribution < -0.4 is 0 Å². The van der Waals surface area contributed by atoms with E-state index in [2.05, 4.69) is 32.9 Å². The highest BCUT2D eigenvalue weighted by Gasteiger charge is 2.55. The predicted molar refractivity (Wildman–Crippen MR) is 139 cm³/mol. The fourth-order valence-electron chi connectivity index (χ4n) is 5.53. The average molecular weight is 495 g/mol. The summed E-state index contributed by atoms with van der Waals surface area (Å²) >= 11 is 0. The quantitative estimate of drug-likeness (QED) is 0.457. The normalized spacial score (nSPS) is 17.9. The van der Waals surface area contributed by atoms with E-state index in [1.54, 1.807) is 14.2 Å². The van der Waals surface area contributed by atoms with Crippen LogP contribution in [0.3, 0.4) is 0 Å².